The van der Waals surface area contributed by atoms with Gasteiger partial charge in [0.15, 0.2) is 4.90 Å². The largest absolute Gasteiger partial charge is 0.330 e. The lowest BCUT2D eigenvalue weighted by Gasteiger charge is -2.14. The normalized spacial score (nSPS) is 12.1. The van der Waals surface area contributed by atoms with Crippen LogP contribution in [0.2, 0.25) is 0 Å². The second-order valence-electron chi connectivity index (χ2n) is 5.17. The Labute approximate surface area is 124 Å². The molecule has 0 saturated carbocycles. The first-order chi connectivity index (χ1) is 9.59. The number of rotatable bonds is 6. The van der Waals surface area contributed by atoms with Crippen molar-refractivity contribution in [3.63, 3.8) is 0 Å². The third kappa shape index (κ3) is 3.80. The summed E-state index contributed by atoms with van der Waals surface area (Å²) in [6.45, 7) is 2.40. The summed E-state index contributed by atoms with van der Waals surface area (Å²) in [6.07, 6.45) is 0.622. The Morgan fingerprint density at radius 3 is 2.24 bits per heavy atom. The summed E-state index contributed by atoms with van der Waals surface area (Å²) in [5.41, 5.74) is -1.23. The minimum absolute atomic E-state index is 0.128. The molecule has 0 radical (unpaired) electrons. The SMILES string of the molecule is Cc1c(S(=O)(=O)NCCCN(C)C)c(=O)n(C)c(=O)n1C. The first-order valence-corrected chi connectivity index (χ1v) is 7.99. The molecule has 0 bridgehead atoms. The molecule has 1 aromatic rings. The number of nitrogens with zero attached hydrogens (tertiary/aromatic N) is 3. The second kappa shape index (κ2) is 6.54. The quantitative estimate of drug-likeness (QED) is 0.653. The van der Waals surface area contributed by atoms with Crippen molar-refractivity contribution in [3.05, 3.63) is 26.5 Å². The van der Waals surface area contributed by atoms with E-state index >= 15 is 0 Å². The summed E-state index contributed by atoms with van der Waals surface area (Å²) in [5, 5.41) is 0. The van der Waals surface area contributed by atoms with Crippen molar-refractivity contribution >= 4 is 10.0 Å². The maximum absolute atomic E-state index is 12.3. The number of hydrogen-bond donors (Lipinski definition) is 1. The van der Waals surface area contributed by atoms with E-state index in [2.05, 4.69) is 4.72 Å². The third-order valence-electron chi connectivity index (χ3n) is 3.25. The molecule has 0 aliphatic heterocycles. The van der Waals surface area contributed by atoms with Gasteiger partial charge in [0, 0.05) is 26.3 Å². The molecule has 21 heavy (non-hydrogen) atoms. The van der Waals surface area contributed by atoms with Gasteiger partial charge >= 0.3 is 5.69 Å². The van der Waals surface area contributed by atoms with Crippen LogP contribution in [0.1, 0.15) is 12.1 Å². The van der Waals surface area contributed by atoms with Crippen molar-refractivity contribution < 1.29 is 8.42 Å². The lowest BCUT2D eigenvalue weighted by atomic mass is 10.4. The van der Waals surface area contributed by atoms with E-state index in [4.69, 9.17) is 0 Å². The van der Waals surface area contributed by atoms with Crippen LogP contribution in [0.5, 0.6) is 0 Å². The van der Waals surface area contributed by atoms with Crippen molar-refractivity contribution in [3.8, 4) is 0 Å². The molecule has 0 aliphatic carbocycles. The number of nitrogens with one attached hydrogen (secondary N) is 1. The Bertz CT molecular complexity index is 731. The maximum atomic E-state index is 12.3. The molecule has 1 rings (SSSR count). The molecule has 0 fully saturated rings. The topological polar surface area (TPSA) is 93.4 Å². The maximum Gasteiger partial charge on any atom is 0.330 e. The Kier molecular flexibility index (Phi) is 5.48. The Balaban J connectivity index is 3.16. The van der Waals surface area contributed by atoms with Crippen LogP contribution in [0.3, 0.4) is 0 Å². The molecule has 0 saturated heterocycles. The highest BCUT2D eigenvalue weighted by Gasteiger charge is 2.24. The van der Waals surface area contributed by atoms with Gasteiger partial charge in [-0.15, -0.1) is 0 Å². The van der Waals surface area contributed by atoms with Gasteiger partial charge in [-0.2, -0.15) is 0 Å². The highest BCUT2D eigenvalue weighted by atomic mass is 32.2. The summed E-state index contributed by atoms with van der Waals surface area (Å²) in [7, 11) is 2.53. The first-order valence-electron chi connectivity index (χ1n) is 6.50. The molecule has 1 N–H and O–H groups in total. The summed E-state index contributed by atoms with van der Waals surface area (Å²) in [6, 6.07) is 0. The van der Waals surface area contributed by atoms with E-state index < -0.39 is 21.3 Å². The van der Waals surface area contributed by atoms with Crippen molar-refractivity contribution in [1.29, 1.82) is 0 Å². The van der Waals surface area contributed by atoms with Gasteiger partial charge in [0.1, 0.15) is 0 Å². The molecule has 8 nitrogen and oxygen atoms in total. The average molecular weight is 318 g/mol. The molecule has 0 spiro atoms. The lowest BCUT2D eigenvalue weighted by Crippen LogP contribution is -2.43. The fraction of sp³-hybridized carbons (Fsp3) is 0.667. The monoisotopic (exact) mass is 318 g/mol. The van der Waals surface area contributed by atoms with Gasteiger partial charge in [-0.25, -0.2) is 17.9 Å². The highest BCUT2D eigenvalue weighted by Crippen LogP contribution is 2.07. The van der Waals surface area contributed by atoms with Crippen LogP contribution >= 0.6 is 0 Å². The lowest BCUT2D eigenvalue weighted by molar-refractivity contribution is 0.400. The van der Waals surface area contributed by atoms with E-state index in [1.807, 2.05) is 19.0 Å². The van der Waals surface area contributed by atoms with Crippen molar-refractivity contribution in [2.45, 2.75) is 18.2 Å². The zero-order chi connectivity index (χ0) is 16.4. The third-order valence-corrected chi connectivity index (χ3v) is 4.84. The molecule has 1 heterocycles. The fourth-order valence-electron chi connectivity index (χ4n) is 1.90. The van der Waals surface area contributed by atoms with E-state index in [9.17, 15) is 18.0 Å². The number of aromatic nitrogens is 2. The average Bonchev–Trinajstić information content (AvgIpc) is 2.39. The van der Waals surface area contributed by atoms with Gasteiger partial charge < -0.3 is 4.90 Å². The minimum atomic E-state index is -3.94. The van der Waals surface area contributed by atoms with Gasteiger partial charge in [-0.3, -0.25) is 13.9 Å². The van der Waals surface area contributed by atoms with Crippen LogP contribution in [0.15, 0.2) is 14.5 Å². The molecule has 0 atom stereocenters. The van der Waals surface area contributed by atoms with Crippen molar-refractivity contribution in [2.75, 3.05) is 27.2 Å². The predicted octanol–water partition coefficient (Wildman–Crippen LogP) is -1.38. The van der Waals surface area contributed by atoms with Gasteiger partial charge in [0.2, 0.25) is 10.0 Å². The van der Waals surface area contributed by atoms with Crippen molar-refractivity contribution in [1.82, 2.24) is 18.8 Å². The second-order valence-corrected chi connectivity index (χ2v) is 6.88. The summed E-state index contributed by atoms with van der Waals surface area (Å²) < 4.78 is 28.9. The zero-order valence-corrected chi connectivity index (χ0v) is 13.8. The summed E-state index contributed by atoms with van der Waals surface area (Å²) in [5.74, 6) is 0. The van der Waals surface area contributed by atoms with E-state index in [1.54, 1.807) is 0 Å². The van der Waals surface area contributed by atoms with Gasteiger partial charge in [0.05, 0.1) is 0 Å². The minimum Gasteiger partial charge on any atom is -0.309 e. The van der Waals surface area contributed by atoms with Gasteiger partial charge in [0.25, 0.3) is 5.56 Å². The fourth-order valence-corrected chi connectivity index (χ4v) is 3.35. The molecular weight excluding hydrogens is 296 g/mol. The molecule has 0 aromatic carbocycles. The zero-order valence-electron chi connectivity index (χ0n) is 13.0. The van der Waals surface area contributed by atoms with E-state index in [0.29, 0.717) is 6.42 Å². The van der Waals surface area contributed by atoms with Gasteiger partial charge in [-0.1, -0.05) is 0 Å². The number of hydrogen-bond acceptors (Lipinski definition) is 5. The molecule has 120 valence electrons. The van der Waals surface area contributed by atoms with Crippen LogP contribution in [-0.4, -0.2) is 49.6 Å². The first kappa shape index (κ1) is 17.6. The van der Waals surface area contributed by atoms with Crippen LogP contribution < -0.4 is 16.0 Å². The van der Waals surface area contributed by atoms with Crippen LogP contribution in [0, 0.1) is 6.92 Å². The molecule has 0 aliphatic rings. The Hall–Kier alpha value is -1.45. The predicted molar refractivity (Wildman–Crippen MR) is 80.0 cm³/mol. The summed E-state index contributed by atoms with van der Waals surface area (Å²) >= 11 is 0. The Morgan fingerprint density at radius 1 is 1.14 bits per heavy atom. The van der Waals surface area contributed by atoms with E-state index in [0.717, 1.165) is 15.7 Å². The van der Waals surface area contributed by atoms with Crippen molar-refractivity contribution in [2.24, 2.45) is 14.1 Å². The summed E-state index contributed by atoms with van der Waals surface area (Å²) in [4.78, 5) is 25.4. The molecule has 0 unspecified atom stereocenters. The van der Waals surface area contributed by atoms with Crippen LogP contribution in [0.4, 0.5) is 0 Å². The molecule has 0 amide bonds. The van der Waals surface area contributed by atoms with E-state index in [1.165, 1.54) is 21.0 Å². The molecule has 1 aromatic heterocycles. The Morgan fingerprint density at radius 2 is 1.71 bits per heavy atom. The number of sulfonamides is 1. The smallest absolute Gasteiger partial charge is 0.309 e. The molecular formula is C12H22N4O4S. The van der Waals surface area contributed by atoms with E-state index in [-0.39, 0.29) is 17.1 Å². The van der Waals surface area contributed by atoms with Crippen LogP contribution in [0.25, 0.3) is 0 Å². The highest BCUT2D eigenvalue weighted by molar-refractivity contribution is 7.89. The van der Waals surface area contributed by atoms with Gasteiger partial charge in [-0.05, 0) is 34.0 Å². The van der Waals surface area contributed by atoms with Crippen LogP contribution in [-0.2, 0) is 24.1 Å². The molecule has 9 heteroatoms. The standard InChI is InChI=1S/C12H22N4O4S/c1-9-10(11(17)16(5)12(18)15(9)4)21(19,20)13-7-6-8-14(2)3/h13H,6-8H2,1-5H3.